The Balaban J connectivity index is 2.02. The Morgan fingerprint density at radius 3 is 2.57 bits per heavy atom. The molecule has 23 heavy (non-hydrogen) atoms. The van der Waals surface area contributed by atoms with Gasteiger partial charge in [-0.15, -0.1) is 0 Å². The van der Waals surface area contributed by atoms with Crippen LogP contribution in [0, 0.1) is 11.3 Å². The number of nitriles is 1. The highest BCUT2D eigenvalue weighted by Crippen LogP contribution is 2.12. The van der Waals surface area contributed by atoms with Crippen LogP contribution in [0.1, 0.15) is 18.5 Å². The van der Waals surface area contributed by atoms with Gasteiger partial charge in [0.05, 0.1) is 10.5 Å². The molecule has 0 saturated heterocycles. The molecule has 0 aliphatic carbocycles. The van der Waals surface area contributed by atoms with E-state index in [0.29, 0.717) is 5.95 Å². The van der Waals surface area contributed by atoms with Crippen molar-refractivity contribution in [3.8, 4) is 6.07 Å². The second kappa shape index (κ2) is 8.06. The molecular weight excluding hydrogens is 358 g/mol. The Bertz CT molecular complexity index is 737. The molecule has 116 valence electrons. The second-order valence-electron chi connectivity index (χ2n) is 4.64. The quantitative estimate of drug-likeness (QED) is 0.622. The van der Waals surface area contributed by atoms with Gasteiger partial charge in [0, 0.05) is 18.6 Å². The van der Waals surface area contributed by atoms with Gasteiger partial charge in [-0.3, -0.25) is 4.79 Å². The van der Waals surface area contributed by atoms with Crippen molar-refractivity contribution >= 4 is 27.8 Å². The van der Waals surface area contributed by atoms with Gasteiger partial charge < -0.3 is 10.6 Å². The Morgan fingerprint density at radius 2 is 1.96 bits per heavy atom. The van der Waals surface area contributed by atoms with Gasteiger partial charge in [-0.2, -0.15) is 5.26 Å². The number of nitrogens with zero attached hydrogens (tertiary/aromatic N) is 3. The number of halogens is 1. The maximum absolute atomic E-state index is 12.1. The fourth-order valence-electron chi connectivity index (χ4n) is 1.77. The highest BCUT2D eigenvalue weighted by molar-refractivity contribution is 9.10. The van der Waals surface area contributed by atoms with Crippen molar-refractivity contribution in [3.63, 3.8) is 0 Å². The molecule has 1 heterocycles. The molecule has 1 amide bonds. The molecule has 0 fully saturated rings. The zero-order chi connectivity index (χ0) is 16.7. The Labute approximate surface area is 142 Å². The first-order chi connectivity index (χ1) is 11.1. The van der Waals surface area contributed by atoms with E-state index in [2.05, 4.69) is 36.5 Å². The number of carbonyl (C=O) groups excluding carboxylic acids is 1. The maximum Gasteiger partial charge on any atom is 0.263 e. The monoisotopic (exact) mass is 371 g/mol. The number of amides is 1. The minimum Gasteiger partial charge on any atom is -0.345 e. The van der Waals surface area contributed by atoms with Crippen molar-refractivity contribution in [2.75, 3.05) is 5.32 Å². The topological polar surface area (TPSA) is 90.7 Å². The number of hydrogen-bond acceptors (Lipinski definition) is 5. The molecule has 1 aromatic carbocycles. The normalized spacial score (nSPS) is 12.1. The fourth-order valence-corrected chi connectivity index (χ4v) is 1.98. The van der Waals surface area contributed by atoms with Crippen LogP contribution in [0.2, 0.25) is 0 Å². The zero-order valence-corrected chi connectivity index (χ0v) is 13.9. The average molecular weight is 372 g/mol. The molecule has 0 saturated carbocycles. The van der Waals surface area contributed by atoms with Gasteiger partial charge in [0.2, 0.25) is 5.95 Å². The van der Waals surface area contributed by atoms with Gasteiger partial charge >= 0.3 is 0 Å². The van der Waals surface area contributed by atoms with E-state index in [-0.39, 0.29) is 11.6 Å². The van der Waals surface area contributed by atoms with E-state index < -0.39 is 5.91 Å². The van der Waals surface area contributed by atoms with E-state index in [1.165, 1.54) is 6.20 Å². The summed E-state index contributed by atoms with van der Waals surface area (Å²) in [5.74, 6) is -0.168. The van der Waals surface area contributed by atoms with Crippen molar-refractivity contribution in [2.24, 2.45) is 0 Å². The molecule has 0 radical (unpaired) electrons. The number of nitrogens with one attached hydrogen (secondary N) is 2. The Kier molecular flexibility index (Phi) is 5.83. The Morgan fingerprint density at radius 1 is 1.30 bits per heavy atom. The number of rotatable bonds is 5. The van der Waals surface area contributed by atoms with Crippen molar-refractivity contribution in [3.05, 3.63) is 64.5 Å². The van der Waals surface area contributed by atoms with Gasteiger partial charge in [0.15, 0.2) is 0 Å². The summed E-state index contributed by atoms with van der Waals surface area (Å²) in [4.78, 5) is 20.1. The average Bonchev–Trinajstić information content (AvgIpc) is 2.58. The maximum atomic E-state index is 12.1. The van der Waals surface area contributed by atoms with Crippen LogP contribution >= 0.6 is 15.9 Å². The van der Waals surface area contributed by atoms with Crippen molar-refractivity contribution in [1.29, 1.82) is 5.26 Å². The van der Waals surface area contributed by atoms with Gasteiger partial charge in [0.25, 0.3) is 5.91 Å². The summed E-state index contributed by atoms with van der Waals surface area (Å²) in [7, 11) is 0. The molecule has 0 bridgehead atoms. The first-order valence-corrected chi connectivity index (χ1v) is 7.59. The molecular formula is C16H14BrN5O. The molecule has 1 unspecified atom stereocenters. The molecule has 7 heteroatoms. The van der Waals surface area contributed by atoms with Gasteiger partial charge in [-0.1, -0.05) is 30.3 Å². The molecule has 6 nitrogen and oxygen atoms in total. The minimum absolute atomic E-state index is 0.0562. The molecule has 2 rings (SSSR count). The lowest BCUT2D eigenvalue weighted by molar-refractivity contribution is -0.117. The third-order valence-electron chi connectivity index (χ3n) is 2.98. The van der Waals surface area contributed by atoms with Crippen LogP contribution in [0.4, 0.5) is 5.95 Å². The predicted octanol–water partition coefficient (Wildman–Crippen LogP) is 2.94. The van der Waals surface area contributed by atoms with Gasteiger partial charge in [0.1, 0.15) is 11.6 Å². The summed E-state index contributed by atoms with van der Waals surface area (Å²) >= 11 is 3.23. The van der Waals surface area contributed by atoms with Crippen LogP contribution < -0.4 is 10.6 Å². The van der Waals surface area contributed by atoms with E-state index in [1.54, 1.807) is 12.4 Å². The van der Waals surface area contributed by atoms with Crippen molar-refractivity contribution < 1.29 is 4.79 Å². The highest BCUT2D eigenvalue weighted by atomic mass is 79.9. The van der Waals surface area contributed by atoms with E-state index in [4.69, 9.17) is 5.26 Å². The molecule has 2 aromatic rings. The SMILES string of the molecule is CC(NC(=O)/C(C#N)=C\Nc1ncc(Br)cn1)c1ccccc1. The lowest BCUT2D eigenvalue weighted by Crippen LogP contribution is -2.28. The smallest absolute Gasteiger partial charge is 0.263 e. The third kappa shape index (κ3) is 4.90. The third-order valence-corrected chi connectivity index (χ3v) is 3.39. The number of anilines is 1. The standard InChI is InChI=1S/C16H14BrN5O/c1-11(12-5-3-2-4-6-12)22-15(23)13(7-18)8-19-16-20-9-14(17)10-21-16/h2-6,8-11H,1H3,(H,22,23)(H,19,20,21)/b13-8-. The number of hydrogen-bond donors (Lipinski definition) is 2. The van der Waals surface area contributed by atoms with E-state index in [0.717, 1.165) is 10.0 Å². The summed E-state index contributed by atoms with van der Waals surface area (Å²) in [6.07, 6.45) is 4.41. The highest BCUT2D eigenvalue weighted by Gasteiger charge is 2.13. The second-order valence-corrected chi connectivity index (χ2v) is 5.56. The molecule has 0 aliphatic rings. The van der Waals surface area contributed by atoms with Crippen LogP contribution in [0.5, 0.6) is 0 Å². The summed E-state index contributed by atoms with van der Waals surface area (Å²) in [5, 5.41) is 14.6. The lowest BCUT2D eigenvalue weighted by Gasteiger charge is -2.13. The van der Waals surface area contributed by atoms with Crippen molar-refractivity contribution in [1.82, 2.24) is 15.3 Å². The fraction of sp³-hybridized carbons (Fsp3) is 0.125. The largest absolute Gasteiger partial charge is 0.345 e. The molecule has 2 N–H and O–H groups in total. The van der Waals surface area contributed by atoms with Crippen molar-refractivity contribution in [2.45, 2.75) is 13.0 Å². The predicted molar refractivity (Wildman–Crippen MR) is 90.1 cm³/mol. The zero-order valence-electron chi connectivity index (χ0n) is 12.3. The molecule has 0 aliphatic heterocycles. The number of benzene rings is 1. The van der Waals surface area contributed by atoms with Crippen LogP contribution in [-0.4, -0.2) is 15.9 Å². The van der Waals surface area contributed by atoms with Crippen LogP contribution in [0.15, 0.2) is 59.0 Å². The number of carbonyl (C=O) groups is 1. The van der Waals surface area contributed by atoms with Gasteiger partial charge in [-0.25, -0.2) is 9.97 Å². The molecule has 0 spiro atoms. The van der Waals surface area contributed by atoms with E-state index in [9.17, 15) is 4.79 Å². The van der Waals surface area contributed by atoms with E-state index >= 15 is 0 Å². The lowest BCUT2D eigenvalue weighted by atomic mass is 10.1. The summed E-state index contributed by atoms with van der Waals surface area (Å²) in [6.45, 7) is 1.85. The summed E-state index contributed by atoms with van der Waals surface area (Å²) in [6, 6.07) is 11.2. The summed E-state index contributed by atoms with van der Waals surface area (Å²) < 4.78 is 0.738. The molecule has 1 aromatic heterocycles. The summed E-state index contributed by atoms with van der Waals surface area (Å²) in [5.41, 5.74) is 0.904. The van der Waals surface area contributed by atoms with Crippen LogP contribution in [0.25, 0.3) is 0 Å². The Hall–Kier alpha value is -2.72. The first-order valence-electron chi connectivity index (χ1n) is 6.80. The number of aromatic nitrogens is 2. The van der Waals surface area contributed by atoms with E-state index in [1.807, 2.05) is 43.3 Å². The van der Waals surface area contributed by atoms with Gasteiger partial charge in [-0.05, 0) is 28.4 Å². The molecule has 1 atom stereocenters. The first kappa shape index (κ1) is 16.6. The van der Waals surface area contributed by atoms with Crippen LogP contribution in [-0.2, 0) is 4.79 Å². The minimum atomic E-state index is -0.464. The van der Waals surface area contributed by atoms with Crippen LogP contribution in [0.3, 0.4) is 0 Å².